The van der Waals surface area contributed by atoms with Gasteiger partial charge in [-0.3, -0.25) is 5.10 Å². The Morgan fingerprint density at radius 3 is 2.42 bits per heavy atom. The summed E-state index contributed by atoms with van der Waals surface area (Å²) in [6, 6.07) is 15.8. The van der Waals surface area contributed by atoms with Gasteiger partial charge in [-0.25, -0.2) is 14.4 Å². The van der Waals surface area contributed by atoms with Crippen LogP contribution >= 0.6 is 0 Å². The van der Waals surface area contributed by atoms with Gasteiger partial charge in [0.25, 0.3) is 0 Å². The third kappa shape index (κ3) is 3.38. The van der Waals surface area contributed by atoms with Crippen molar-refractivity contribution in [2.24, 2.45) is 0 Å². The Morgan fingerprint density at radius 2 is 1.65 bits per heavy atom. The lowest BCUT2D eigenvalue weighted by molar-refractivity contribution is 0.356. The van der Waals surface area contributed by atoms with Crippen LogP contribution in [0.5, 0.6) is 11.5 Å². The molecule has 2 N–H and O–H groups in total. The fourth-order valence-corrected chi connectivity index (χ4v) is 3.54. The fraction of sp³-hybridized carbons (Fsp3) is 0.0870. The van der Waals surface area contributed by atoms with Crippen molar-refractivity contribution in [3.63, 3.8) is 0 Å². The minimum absolute atomic E-state index is 0.276. The molecule has 0 spiro atoms. The minimum Gasteiger partial charge on any atom is -0.493 e. The van der Waals surface area contributed by atoms with E-state index >= 15 is 0 Å². The van der Waals surface area contributed by atoms with Crippen molar-refractivity contribution in [1.29, 1.82) is 0 Å². The minimum atomic E-state index is -0.276. The first-order valence-corrected chi connectivity index (χ1v) is 9.54. The quantitative estimate of drug-likeness (QED) is 0.417. The molecular weight excluding hydrogens is 397 g/mol. The predicted molar refractivity (Wildman–Crippen MR) is 117 cm³/mol. The Bertz CT molecular complexity index is 1400. The largest absolute Gasteiger partial charge is 0.493 e. The van der Waals surface area contributed by atoms with Crippen molar-refractivity contribution in [1.82, 2.24) is 20.2 Å². The number of nitrogens with one attached hydrogen (secondary N) is 2. The maximum Gasteiger partial charge on any atom is 0.162 e. The highest BCUT2D eigenvalue weighted by atomic mass is 19.1. The molecule has 5 rings (SSSR count). The van der Waals surface area contributed by atoms with Gasteiger partial charge < -0.3 is 14.8 Å². The van der Waals surface area contributed by atoms with Gasteiger partial charge in [-0.15, -0.1) is 0 Å². The summed E-state index contributed by atoms with van der Waals surface area (Å²) >= 11 is 0. The van der Waals surface area contributed by atoms with Crippen LogP contribution in [0.2, 0.25) is 0 Å². The van der Waals surface area contributed by atoms with Crippen LogP contribution in [0.3, 0.4) is 0 Å². The first kappa shape index (κ1) is 18.8. The lowest BCUT2D eigenvalue weighted by Crippen LogP contribution is -1.98. The molecule has 0 unspecified atom stereocenters. The standard InChI is InChI=1S/C23H18FN5O2/c1-30-20-10-17-18(11-21(20)31-2)25-12-26-23(17)27-15-7-8-16-19(9-15)28-29-22(16)13-3-5-14(24)6-4-13/h3-12H,1-2H3,(H,28,29)(H,25,26,27). The van der Waals surface area contributed by atoms with E-state index in [4.69, 9.17) is 9.47 Å². The van der Waals surface area contributed by atoms with E-state index in [2.05, 4.69) is 25.5 Å². The maximum atomic E-state index is 13.2. The molecule has 0 radical (unpaired) electrons. The number of halogens is 1. The van der Waals surface area contributed by atoms with Crippen molar-refractivity contribution in [2.45, 2.75) is 0 Å². The van der Waals surface area contributed by atoms with E-state index in [1.54, 1.807) is 26.4 Å². The van der Waals surface area contributed by atoms with E-state index in [9.17, 15) is 4.39 Å². The normalized spacial score (nSPS) is 11.1. The van der Waals surface area contributed by atoms with E-state index in [0.29, 0.717) is 17.3 Å². The summed E-state index contributed by atoms with van der Waals surface area (Å²) in [5.41, 5.74) is 4.02. The van der Waals surface area contributed by atoms with Crippen LogP contribution < -0.4 is 14.8 Å². The molecular formula is C23H18FN5O2. The highest BCUT2D eigenvalue weighted by molar-refractivity contribution is 5.97. The van der Waals surface area contributed by atoms with Gasteiger partial charge >= 0.3 is 0 Å². The summed E-state index contributed by atoms with van der Waals surface area (Å²) in [6.45, 7) is 0. The number of H-pyrrole nitrogens is 1. The Balaban J connectivity index is 1.52. The summed E-state index contributed by atoms with van der Waals surface area (Å²) in [4.78, 5) is 8.73. The highest BCUT2D eigenvalue weighted by Gasteiger charge is 2.13. The zero-order valence-corrected chi connectivity index (χ0v) is 16.8. The summed E-state index contributed by atoms with van der Waals surface area (Å²) < 4.78 is 24.0. The summed E-state index contributed by atoms with van der Waals surface area (Å²) in [6.07, 6.45) is 1.50. The second-order valence-corrected chi connectivity index (χ2v) is 6.91. The van der Waals surface area contributed by atoms with Gasteiger partial charge in [0.05, 0.1) is 30.9 Å². The summed E-state index contributed by atoms with van der Waals surface area (Å²) in [5.74, 6) is 1.57. The molecule has 31 heavy (non-hydrogen) atoms. The molecule has 0 fully saturated rings. The SMILES string of the molecule is COc1cc2ncnc(Nc3ccc4c(-c5ccc(F)cc5)n[nH]c4c3)c2cc1OC. The van der Waals surface area contributed by atoms with Crippen LogP contribution in [0.15, 0.2) is 60.9 Å². The van der Waals surface area contributed by atoms with E-state index < -0.39 is 0 Å². The number of ether oxygens (including phenoxy) is 2. The van der Waals surface area contributed by atoms with Crippen molar-refractivity contribution in [3.8, 4) is 22.8 Å². The number of rotatable bonds is 5. The first-order chi connectivity index (χ1) is 15.2. The third-order valence-corrected chi connectivity index (χ3v) is 5.08. The van der Waals surface area contributed by atoms with Crippen molar-refractivity contribution >= 4 is 33.3 Å². The number of aromatic amines is 1. The van der Waals surface area contributed by atoms with Gasteiger partial charge in [0, 0.05) is 28.1 Å². The number of methoxy groups -OCH3 is 2. The van der Waals surface area contributed by atoms with Gasteiger partial charge in [0.1, 0.15) is 18.0 Å². The molecule has 154 valence electrons. The fourth-order valence-electron chi connectivity index (χ4n) is 3.54. The maximum absolute atomic E-state index is 13.2. The molecule has 0 aliphatic carbocycles. The van der Waals surface area contributed by atoms with E-state index in [1.165, 1.54) is 18.5 Å². The molecule has 7 nitrogen and oxygen atoms in total. The molecule has 2 aromatic heterocycles. The highest BCUT2D eigenvalue weighted by Crippen LogP contribution is 2.35. The molecule has 3 aromatic carbocycles. The molecule has 0 saturated carbocycles. The average Bonchev–Trinajstić information content (AvgIpc) is 3.22. The molecule has 0 aliphatic heterocycles. The molecule has 0 amide bonds. The molecule has 0 bridgehead atoms. The molecule has 2 heterocycles. The van der Waals surface area contributed by atoms with E-state index in [0.717, 1.165) is 38.8 Å². The van der Waals surface area contributed by atoms with Gasteiger partial charge in [-0.05, 0) is 48.5 Å². The van der Waals surface area contributed by atoms with Gasteiger partial charge in [0.2, 0.25) is 0 Å². The molecule has 0 saturated heterocycles. The number of anilines is 2. The topological polar surface area (TPSA) is 85.0 Å². The Hall–Kier alpha value is -4.20. The summed E-state index contributed by atoms with van der Waals surface area (Å²) in [7, 11) is 3.18. The second-order valence-electron chi connectivity index (χ2n) is 6.91. The van der Waals surface area contributed by atoms with Crippen LogP contribution in [0.4, 0.5) is 15.9 Å². The monoisotopic (exact) mass is 415 g/mol. The van der Waals surface area contributed by atoms with Crippen LogP contribution in [-0.2, 0) is 0 Å². The van der Waals surface area contributed by atoms with Crippen molar-refractivity contribution in [3.05, 3.63) is 66.7 Å². The lowest BCUT2D eigenvalue weighted by Gasteiger charge is -2.12. The average molecular weight is 415 g/mol. The molecule has 5 aromatic rings. The second kappa shape index (κ2) is 7.56. The third-order valence-electron chi connectivity index (χ3n) is 5.08. The van der Waals surface area contributed by atoms with Crippen LogP contribution in [0.1, 0.15) is 0 Å². The van der Waals surface area contributed by atoms with Crippen LogP contribution in [0.25, 0.3) is 33.1 Å². The lowest BCUT2D eigenvalue weighted by atomic mass is 10.1. The van der Waals surface area contributed by atoms with Crippen LogP contribution in [0, 0.1) is 5.82 Å². The zero-order chi connectivity index (χ0) is 21.4. The summed E-state index contributed by atoms with van der Waals surface area (Å²) in [5, 5.41) is 12.5. The smallest absolute Gasteiger partial charge is 0.162 e. The number of aromatic nitrogens is 4. The van der Waals surface area contributed by atoms with Gasteiger partial charge in [-0.2, -0.15) is 5.10 Å². The number of hydrogen-bond donors (Lipinski definition) is 2. The van der Waals surface area contributed by atoms with E-state index in [-0.39, 0.29) is 5.82 Å². The zero-order valence-electron chi connectivity index (χ0n) is 16.8. The van der Waals surface area contributed by atoms with Gasteiger partial charge in [-0.1, -0.05) is 0 Å². The number of fused-ring (bicyclic) bond motifs is 2. The Kier molecular flexibility index (Phi) is 4.59. The number of benzene rings is 3. The number of hydrogen-bond acceptors (Lipinski definition) is 6. The molecule has 0 atom stereocenters. The Labute approximate surface area is 176 Å². The molecule has 8 heteroatoms. The number of nitrogens with zero attached hydrogens (tertiary/aromatic N) is 3. The Morgan fingerprint density at radius 1 is 0.871 bits per heavy atom. The van der Waals surface area contributed by atoms with Crippen molar-refractivity contribution in [2.75, 3.05) is 19.5 Å². The molecule has 0 aliphatic rings. The van der Waals surface area contributed by atoms with Crippen LogP contribution in [-0.4, -0.2) is 34.4 Å². The van der Waals surface area contributed by atoms with Gasteiger partial charge in [0.15, 0.2) is 11.5 Å². The first-order valence-electron chi connectivity index (χ1n) is 9.54. The van der Waals surface area contributed by atoms with Crippen molar-refractivity contribution < 1.29 is 13.9 Å². The van der Waals surface area contributed by atoms with E-state index in [1.807, 2.05) is 30.3 Å². The predicted octanol–water partition coefficient (Wildman–Crippen LogP) is 5.07.